The number of nitrogens with one attached hydrogen (secondary N) is 3. The van der Waals surface area contributed by atoms with E-state index in [1.807, 2.05) is 0 Å². The van der Waals surface area contributed by atoms with Crippen LogP contribution in [0.25, 0.3) is 0 Å². The molecule has 2 aromatic heterocycles. The first kappa shape index (κ1) is 22.7. The summed E-state index contributed by atoms with van der Waals surface area (Å²) in [6.07, 6.45) is 0. The van der Waals surface area contributed by atoms with Crippen LogP contribution in [0.1, 0.15) is 10.5 Å². The number of halogens is 1. The van der Waals surface area contributed by atoms with Crippen molar-refractivity contribution >= 4 is 44.9 Å². The highest BCUT2D eigenvalue weighted by molar-refractivity contribution is 7.92. The van der Waals surface area contributed by atoms with Crippen LogP contribution in [0.5, 0.6) is 11.9 Å². The number of anilines is 2. The fraction of sp³-hybridized carbons (Fsp3) is 0.125. The second-order valence-corrected chi connectivity index (χ2v) is 7.92. The van der Waals surface area contributed by atoms with Gasteiger partial charge in [-0.2, -0.15) is 9.97 Å². The number of hydrogen-bond acceptors (Lipinski definition) is 10. The van der Waals surface area contributed by atoms with Gasteiger partial charge >= 0.3 is 11.8 Å². The largest absolute Gasteiger partial charge is 0.481 e. The zero-order valence-corrected chi connectivity index (χ0v) is 17.9. The maximum atomic E-state index is 12.6. The summed E-state index contributed by atoms with van der Waals surface area (Å²) in [7, 11) is -1.39. The van der Waals surface area contributed by atoms with Crippen molar-refractivity contribution in [1.82, 2.24) is 20.2 Å². The molecular formula is C16H14ClN7O7S. The van der Waals surface area contributed by atoms with Crippen LogP contribution >= 0.6 is 11.6 Å². The van der Waals surface area contributed by atoms with Gasteiger partial charge < -0.3 is 24.9 Å². The fourth-order valence-corrected chi connectivity index (χ4v) is 3.58. The number of carbonyl (C=O) groups excluding carboxylic acids is 1. The molecule has 0 atom stereocenters. The van der Waals surface area contributed by atoms with Gasteiger partial charge in [-0.3, -0.25) is 9.52 Å². The summed E-state index contributed by atoms with van der Waals surface area (Å²) in [4.78, 5) is 29.8. The molecule has 3 rings (SSSR count). The van der Waals surface area contributed by atoms with Gasteiger partial charge in [0.25, 0.3) is 15.9 Å². The van der Waals surface area contributed by atoms with Crippen LogP contribution in [0.2, 0.25) is 5.02 Å². The van der Waals surface area contributed by atoms with Crippen molar-refractivity contribution in [3.05, 3.63) is 51.2 Å². The summed E-state index contributed by atoms with van der Waals surface area (Å²) in [5.74, 6) is -1.44. The fourth-order valence-electron chi connectivity index (χ4n) is 2.35. The van der Waals surface area contributed by atoms with Crippen LogP contribution in [0.15, 0.2) is 35.2 Å². The minimum Gasteiger partial charge on any atom is -0.481 e. The Bertz CT molecular complexity index is 1260. The van der Waals surface area contributed by atoms with Gasteiger partial charge in [0.15, 0.2) is 16.5 Å². The lowest BCUT2D eigenvalue weighted by atomic mass is 10.3. The third-order valence-electron chi connectivity index (χ3n) is 3.82. The zero-order chi connectivity index (χ0) is 23.5. The molecule has 0 aliphatic carbocycles. The standard InChI is InChI=1S/C16H14ClN7O7S/c1-30-11-7-10(19-16(20-11)31-2)23-32(28,29)9-5-3-8(4-6-9)18-15(25)13-12(17)14(22-21-13)24(26)27/h3-7H,1-2H3,(H,18,25)(H,21,22)(H,19,20,23). The van der Waals surface area contributed by atoms with E-state index in [-0.39, 0.29) is 34.0 Å². The van der Waals surface area contributed by atoms with E-state index in [0.29, 0.717) is 0 Å². The van der Waals surface area contributed by atoms with E-state index in [0.717, 1.165) is 0 Å². The van der Waals surface area contributed by atoms with E-state index in [9.17, 15) is 23.3 Å². The molecule has 2 heterocycles. The first-order chi connectivity index (χ1) is 15.1. The van der Waals surface area contributed by atoms with Gasteiger partial charge in [-0.05, 0) is 29.2 Å². The Kier molecular flexibility index (Phi) is 6.40. The van der Waals surface area contributed by atoms with Gasteiger partial charge in [-0.1, -0.05) is 16.7 Å². The smallest absolute Gasteiger partial charge is 0.362 e. The van der Waals surface area contributed by atoms with E-state index >= 15 is 0 Å². The number of nitro groups is 1. The van der Waals surface area contributed by atoms with Gasteiger partial charge in [0.2, 0.25) is 5.88 Å². The number of sulfonamides is 1. The topological polar surface area (TPSA) is 191 Å². The van der Waals surface area contributed by atoms with E-state index < -0.39 is 31.7 Å². The molecule has 168 valence electrons. The predicted molar refractivity (Wildman–Crippen MR) is 111 cm³/mol. The molecule has 16 heteroatoms. The molecule has 14 nitrogen and oxygen atoms in total. The van der Waals surface area contributed by atoms with Crippen molar-refractivity contribution in [2.75, 3.05) is 24.3 Å². The normalized spacial score (nSPS) is 11.0. The summed E-state index contributed by atoms with van der Waals surface area (Å²) in [5, 5.41) is 18.3. The first-order valence-corrected chi connectivity index (χ1v) is 10.3. The molecule has 0 unspecified atom stereocenters. The van der Waals surface area contributed by atoms with Crippen molar-refractivity contribution in [3.63, 3.8) is 0 Å². The average Bonchev–Trinajstić information content (AvgIpc) is 3.15. The molecule has 0 aliphatic heterocycles. The molecule has 0 saturated carbocycles. The summed E-state index contributed by atoms with van der Waals surface area (Å²) in [6.45, 7) is 0. The molecule has 0 fully saturated rings. The Morgan fingerprint density at radius 2 is 1.88 bits per heavy atom. The van der Waals surface area contributed by atoms with Crippen LogP contribution in [0, 0.1) is 10.1 Å². The molecule has 3 N–H and O–H groups in total. The Balaban J connectivity index is 1.76. The van der Waals surface area contributed by atoms with E-state index in [1.165, 1.54) is 44.6 Å². The number of rotatable bonds is 8. The lowest BCUT2D eigenvalue weighted by Gasteiger charge is -2.10. The minimum absolute atomic E-state index is 0.0825. The number of carbonyl (C=O) groups is 1. The zero-order valence-electron chi connectivity index (χ0n) is 16.3. The second kappa shape index (κ2) is 9.03. The summed E-state index contributed by atoms with van der Waals surface area (Å²) in [5.41, 5.74) is -0.190. The molecule has 0 bridgehead atoms. The summed E-state index contributed by atoms with van der Waals surface area (Å²) in [6, 6.07) is 6.23. The highest BCUT2D eigenvalue weighted by Gasteiger charge is 2.25. The van der Waals surface area contributed by atoms with Gasteiger partial charge in [0, 0.05) is 11.8 Å². The highest BCUT2D eigenvalue weighted by Crippen LogP contribution is 2.26. The van der Waals surface area contributed by atoms with Gasteiger partial charge in [-0.15, -0.1) is 5.10 Å². The molecule has 0 saturated heterocycles. The Hall–Kier alpha value is -3.98. The lowest BCUT2D eigenvalue weighted by molar-refractivity contribution is -0.389. The van der Waals surface area contributed by atoms with Gasteiger partial charge in [0.05, 0.1) is 19.1 Å². The maximum Gasteiger partial charge on any atom is 0.362 e. The minimum atomic E-state index is -4.05. The van der Waals surface area contributed by atoms with Gasteiger partial charge in [0.1, 0.15) is 0 Å². The lowest BCUT2D eigenvalue weighted by Crippen LogP contribution is -2.15. The maximum absolute atomic E-state index is 12.6. The molecule has 32 heavy (non-hydrogen) atoms. The van der Waals surface area contributed by atoms with Crippen molar-refractivity contribution in [2.45, 2.75) is 4.90 Å². The molecule has 1 amide bonds. The third-order valence-corrected chi connectivity index (χ3v) is 5.55. The summed E-state index contributed by atoms with van der Waals surface area (Å²) < 4.78 is 37.4. The Morgan fingerprint density at radius 1 is 1.19 bits per heavy atom. The quantitative estimate of drug-likeness (QED) is 0.314. The number of nitrogens with zero attached hydrogens (tertiary/aromatic N) is 4. The SMILES string of the molecule is COc1cc(NS(=O)(=O)c2ccc(NC(=O)c3n[nH]c([N+](=O)[O-])c3Cl)cc2)nc(OC)n1. The molecule has 0 spiro atoms. The van der Waals surface area contributed by atoms with Crippen LogP contribution in [-0.4, -0.2) is 53.6 Å². The third kappa shape index (κ3) is 4.84. The van der Waals surface area contributed by atoms with E-state index in [2.05, 4.69) is 30.2 Å². The Labute approximate surface area is 185 Å². The highest BCUT2D eigenvalue weighted by atomic mass is 35.5. The average molecular weight is 484 g/mol. The number of ether oxygens (including phenoxy) is 2. The number of aromatic amines is 1. The number of hydrogen-bond donors (Lipinski definition) is 3. The van der Waals surface area contributed by atoms with Crippen LogP contribution in [0.3, 0.4) is 0 Å². The van der Waals surface area contributed by atoms with Crippen molar-refractivity contribution in [2.24, 2.45) is 0 Å². The predicted octanol–water partition coefficient (Wildman–Crippen LogP) is 1.83. The monoisotopic (exact) mass is 483 g/mol. The molecular weight excluding hydrogens is 470 g/mol. The number of methoxy groups -OCH3 is 2. The number of amides is 1. The van der Waals surface area contributed by atoms with Crippen LogP contribution < -0.4 is 19.5 Å². The number of benzene rings is 1. The van der Waals surface area contributed by atoms with E-state index in [1.54, 1.807) is 0 Å². The molecule has 1 aromatic carbocycles. The van der Waals surface area contributed by atoms with Gasteiger partial charge in [-0.25, -0.2) is 8.42 Å². The number of H-pyrrole nitrogens is 1. The molecule has 3 aromatic rings. The van der Waals surface area contributed by atoms with Crippen LogP contribution in [0.4, 0.5) is 17.3 Å². The van der Waals surface area contributed by atoms with Crippen LogP contribution in [-0.2, 0) is 10.0 Å². The Morgan fingerprint density at radius 3 is 2.44 bits per heavy atom. The van der Waals surface area contributed by atoms with E-state index in [4.69, 9.17) is 21.1 Å². The number of aromatic nitrogens is 4. The molecule has 0 aliphatic rings. The van der Waals surface area contributed by atoms with Crippen molar-refractivity contribution in [3.8, 4) is 11.9 Å². The second-order valence-electron chi connectivity index (χ2n) is 5.86. The first-order valence-electron chi connectivity index (χ1n) is 8.44. The summed E-state index contributed by atoms with van der Waals surface area (Å²) >= 11 is 5.77. The molecule has 0 radical (unpaired) electrons. The van der Waals surface area contributed by atoms with Crippen molar-refractivity contribution in [1.29, 1.82) is 0 Å². The van der Waals surface area contributed by atoms with Crippen molar-refractivity contribution < 1.29 is 27.6 Å².